The van der Waals surface area contributed by atoms with E-state index in [1.54, 1.807) is 6.20 Å². The maximum atomic E-state index is 5.58. The van der Waals surface area contributed by atoms with Gasteiger partial charge < -0.3 is 25.6 Å². The zero-order chi connectivity index (χ0) is 21.5. The molecule has 0 aliphatic carbocycles. The molecule has 0 unspecified atom stereocenters. The Bertz CT molecular complexity index is 971. The van der Waals surface area contributed by atoms with Gasteiger partial charge >= 0.3 is 0 Å². The van der Waals surface area contributed by atoms with Gasteiger partial charge in [0, 0.05) is 45.5 Å². The van der Waals surface area contributed by atoms with Crippen LogP contribution >= 0.6 is 0 Å². The summed E-state index contributed by atoms with van der Waals surface area (Å²) in [6, 6.07) is 1.82. The zero-order valence-electron chi connectivity index (χ0n) is 18.1. The van der Waals surface area contributed by atoms with E-state index in [1.165, 1.54) is 6.33 Å². The lowest BCUT2D eigenvalue weighted by atomic mass is 10.3. The molecule has 4 heterocycles. The summed E-state index contributed by atoms with van der Waals surface area (Å²) >= 11 is 0. The van der Waals surface area contributed by atoms with Crippen LogP contribution in [0.4, 0.5) is 17.6 Å². The molecule has 1 saturated heterocycles. The van der Waals surface area contributed by atoms with Crippen molar-refractivity contribution >= 4 is 28.6 Å². The summed E-state index contributed by atoms with van der Waals surface area (Å²) in [6.45, 7) is 11.0. The highest BCUT2D eigenvalue weighted by molar-refractivity contribution is 5.90. The van der Waals surface area contributed by atoms with Crippen molar-refractivity contribution in [2.45, 2.75) is 26.9 Å². The van der Waals surface area contributed by atoms with Gasteiger partial charge in [-0.25, -0.2) is 15.0 Å². The quantitative estimate of drug-likeness (QED) is 0.404. The van der Waals surface area contributed by atoms with Crippen LogP contribution in [0.2, 0.25) is 0 Å². The number of nitrogens with zero attached hydrogens (tertiary/aromatic N) is 7. The molecule has 0 saturated carbocycles. The van der Waals surface area contributed by atoms with E-state index in [0.29, 0.717) is 43.9 Å². The smallest absolute Gasteiger partial charge is 0.228 e. The Morgan fingerprint density at radius 1 is 1.19 bits per heavy atom. The van der Waals surface area contributed by atoms with Crippen molar-refractivity contribution in [2.24, 2.45) is 0 Å². The first-order chi connectivity index (χ1) is 15.3. The van der Waals surface area contributed by atoms with E-state index in [0.717, 1.165) is 49.5 Å². The van der Waals surface area contributed by atoms with Gasteiger partial charge in [0.1, 0.15) is 28.9 Å². The van der Waals surface area contributed by atoms with E-state index in [1.807, 2.05) is 17.7 Å². The van der Waals surface area contributed by atoms with Crippen LogP contribution in [0, 0.1) is 0 Å². The van der Waals surface area contributed by atoms with Crippen molar-refractivity contribution in [1.29, 1.82) is 0 Å². The van der Waals surface area contributed by atoms with Crippen LogP contribution in [0.5, 0.6) is 0 Å². The van der Waals surface area contributed by atoms with E-state index < -0.39 is 0 Å². The Kier molecular flexibility index (Phi) is 7.18. The molecule has 0 amide bonds. The molecule has 31 heavy (non-hydrogen) atoms. The number of aromatic nitrogens is 6. The summed E-state index contributed by atoms with van der Waals surface area (Å²) in [5, 5.41) is 15.0. The van der Waals surface area contributed by atoms with Crippen molar-refractivity contribution in [3.63, 3.8) is 0 Å². The molecule has 1 fully saturated rings. The lowest BCUT2D eigenvalue weighted by molar-refractivity contribution is 0.137. The van der Waals surface area contributed by atoms with Gasteiger partial charge in [-0.3, -0.25) is 4.68 Å². The highest BCUT2D eigenvalue weighted by Gasteiger charge is 2.22. The lowest BCUT2D eigenvalue weighted by Crippen LogP contribution is -2.44. The summed E-state index contributed by atoms with van der Waals surface area (Å²) in [7, 11) is 0. The Balaban J connectivity index is 1.81. The fourth-order valence-electron chi connectivity index (χ4n) is 3.53. The third-order valence-corrected chi connectivity index (χ3v) is 5.07. The van der Waals surface area contributed by atoms with Crippen molar-refractivity contribution in [2.75, 3.05) is 56.2 Å². The fraction of sp³-hybridized carbons (Fsp3) is 0.550. The fourth-order valence-corrected chi connectivity index (χ4v) is 3.53. The molecule has 166 valence electrons. The molecule has 0 bridgehead atoms. The average molecular weight is 427 g/mol. The molecule has 0 radical (unpaired) electrons. The number of nitrogens with one attached hydrogen (secondary N) is 3. The van der Waals surface area contributed by atoms with Gasteiger partial charge in [0.05, 0.1) is 13.2 Å². The first kappa shape index (κ1) is 21.3. The monoisotopic (exact) mass is 426 g/mol. The molecule has 11 heteroatoms. The molecule has 4 rings (SSSR count). The molecule has 3 N–H and O–H groups in total. The van der Waals surface area contributed by atoms with E-state index >= 15 is 0 Å². The van der Waals surface area contributed by atoms with Crippen LogP contribution in [0.3, 0.4) is 0 Å². The third kappa shape index (κ3) is 5.06. The van der Waals surface area contributed by atoms with Crippen molar-refractivity contribution in [3.8, 4) is 0 Å². The lowest BCUT2D eigenvalue weighted by Gasteiger charge is -2.27. The summed E-state index contributed by atoms with van der Waals surface area (Å²) in [5.74, 6) is 2.06. The van der Waals surface area contributed by atoms with E-state index in [4.69, 9.17) is 19.8 Å². The summed E-state index contributed by atoms with van der Waals surface area (Å²) in [4.78, 5) is 20.4. The number of anilines is 3. The summed E-state index contributed by atoms with van der Waals surface area (Å²) in [6.07, 6.45) is 3.22. The molecule has 0 spiro atoms. The number of rotatable bonds is 10. The molecule has 3 aromatic rings. The van der Waals surface area contributed by atoms with Gasteiger partial charge in [-0.1, -0.05) is 6.92 Å². The number of ether oxygens (including phenoxy) is 1. The molecule has 0 atom stereocenters. The maximum absolute atomic E-state index is 5.58. The number of hydrogen-bond donors (Lipinski definition) is 3. The number of hydrogen-bond acceptors (Lipinski definition) is 10. The molecule has 11 nitrogen and oxygen atoms in total. The largest absolute Gasteiger partial charge is 0.380 e. The second-order valence-electron chi connectivity index (χ2n) is 7.17. The van der Waals surface area contributed by atoms with Gasteiger partial charge in [0.25, 0.3) is 0 Å². The third-order valence-electron chi connectivity index (χ3n) is 5.07. The van der Waals surface area contributed by atoms with Crippen molar-refractivity contribution in [1.82, 2.24) is 40.3 Å². The summed E-state index contributed by atoms with van der Waals surface area (Å²) in [5.41, 5.74) is 2.60. The van der Waals surface area contributed by atoms with E-state index in [2.05, 4.69) is 37.7 Å². The van der Waals surface area contributed by atoms with Crippen LogP contribution < -0.4 is 20.9 Å². The number of piperazine rings is 1. The molecule has 0 aromatic carbocycles. The zero-order valence-corrected chi connectivity index (χ0v) is 18.1. The van der Waals surface area contributed by atoms with Crippen LogP contribution in [-0.4, -0.2) is 75.7 Å². The first-order valence-electron chi connectivity index (χ1n) is 10.8. The predicted molar refractivity (Wildman–Crippen MR) is 120 cm³/mol. The minimum atomic E-state index is 0.570. The number of fused-ring (bicyclic) bond motifs is 1. The Hall–Kier alpha value is -2.89. The second kappa shape index (κ2) is 10.4. The molecule has 1 aliphatic heterocycles. The van der Waals surface area contributed by atoms with Gasteiger partial charge in [-0.2, -0.15) is 10.1 Å². The SMILES string of the molecule is CCNCc1nn(CCOCC)c2c(Nc3ccncn3)nc(N3CCNCC3)nc12. The average Bonchev–Trinajstić information content (AvgIpc) is 3.17. The molecular weight excluding hydrogens is 396 g/mol. The van der Waals surface area contributed by atoms with Crippen molar-refractivity contribution in [3.05, 3.63) is 24.3 Å². The highest BCUT2D eigenvalue weighted by atomic mass is 16.5. The van der Waals surface area contributed by atoms with Crippen LogP contribution in [0.15, 0.2) is 18.6 Å². The summed E-state index contributed by atoms with van der Waals surface area (Å²) < 4.78 is 7.51. The predicted octanol–water partition coefficient (Wildman–Crippen LogP) is 0.916. The standard InChI is InChI=1S/C20H30N10O/c1-3-21-13-15-17-18(30(28-15)11-12-31-4-2)19(25-16-5-6-23-14-24-16)27-20(26-17)29-9-7-22-8-10-29/h5-6,14,21-22H,3-4,7-13H2,1-2H3,(H,23,24,25,26,27). The highest BCUT2D eigenvalue weighted by Crippen LogP contribution is 2.28. The van der Waals surface area contributed by atoms with Crippen LogP contribution in [0.25, 0.3) is 11.0 Å². The van der Waals surface area contributed by atoms with E-state index in [9.17, 15) is 0 Å². The minimum absolute atomic E-state index is 0.570. The van der Waals surface area contributed by atoms with Crippen molar-refractivity contribution < 1.29 is 4.74 Å². The Morgan fingerprint density at radius 3 is 2.81 bits per heavy atom. The second-order valence-corrected chi connectivity index (χ2v) is 7.17. The van der Waals surface area contributed by atoms with Crippen LogP contribution in [-0.2, 0) is 17.8 Å². The molecule has 3 aromatic heterocycles. The van der Waals surface area contributed by atoms with Gasteiger partial charge in [-0.15, -0.1) is 0 Å². The normalized spacial score (nSPS) is 14.3. The van der Waals surface area contributed by atoms with Gasteiger partial charge in [-0.05, 0) is 19.5 Å². The molecular formula is C20H30N10O. The maximum Gasteiger partial charge on any atom is 0.228 e. The van der Waals surface area contributed by atoms with Gasteiger partial charge in [0.15, 0.2) is 5.82 Å². The van der Waals surface area contributed by atoms with Gasteiger partial charge in [0.2, 0.25) is 5.95 Å². The Labute approximate surface area is 181 Å². The molecule has 1 aliphatic rings. The first-order valence-corrected chi connectivity index (χ1v) is 10.8. The minimum Gasteiger partial charge on any atom is -0.380 e. The topological polar surface area (TPSA) is 118 Å². The van der Waals surface area contributed by atoms with E-state index in [-0.39, 0.29) is 0 Å². The van der Waals surface area contributed by atoms with Crippen LogP contribution in [0.1, 0.15) is 19.5 Å². The Morgan fingerprint density at radius 2 is 2.06 bits per heavy atom.